The first-order valence-electron chi connectivity index (χ1n) is 5.97. The molecule has 1 aromatic carbocycles. The summed E-state index contributed by atoms with van der Waals surface area (Å²) in [6, 6.07) is 14.2. The van der Waals surface area contributed by atoms with Crippen LogP contribution in [0.15, 0.2) is 42.5 Å². The number of nitrogens with zero attached hydrogens (tertiary/aromatic N) is 1. The molecule has 5 N–H and O–H groups in total. The maximum absolute atomic E-state index is 5.67. The van der Waals surface area contributed by atoms with Gasteiger partial charge in [0, 0.05) is 6.04 Å². The lowest BCUT2D eigenvalue weighted by atomic mass is 10.1. The van der Waals surface area contributed by atoms with E-state index in [4.69, 9.17) is 11.5 Å². The normalized spacial score (nSPS) is 12.1. The fourth-order valence-corrected chi connectivity index (χ4v) is 1.84. The minimum absolute atomic E-state index is 0.280. The minimum Gasteiger partial charge on any atom is -0.396 e. The molecular formula is C14H18N4. The van der Waals surface area contributed by atoms with Crippen LogP contribution in [-0.2, 0) is 6.42 Å². The van der Waals surface area contributed by atoms with Crippen LogP contribution in [0.3, 0.4) is 0 Å². The number of anilines is 3. The van der Waals surface area contributed by atoms with E-state index in [1.165, 1.54) is 5.56 Å². The molecule has 0 aliphatic carbocycles. The number of hydrogen-bond acceptors (Lipinski definition) is 4. The average molecular weight is 242 g/mol. The van der Waals surface area contributed by atoms with Gasteiger partial charge in [-0.15, -0.1) is 0 Å². The van der Waals surface area contributed by atoms with Gasteiger partial charge in [0.2, 0.25) is 0 Å². The third-order valence-electron chi connectivity index (χ3n) is 2.74. The molecule has 2 aromatic rings. The summed E-state index contributed by atoms with van der Waals surface area (Å²) in [5, 5.41) is 3.31. The van der Waals surface area contributed by atoms with Crippen LogP contribution in [0.1, 0.15) is 12.5 Å². The fraction of sp³-hybridized carbons (Fsp3) is 0.214. The molecule has 4 heteroatoms. The highest BCUT2D eigenvalue weighted by atomic mass is 15.0. The van der Waals surface area contributed by atoms with E-state index >= 15 is 0 Å². The molecule has 0 fully saturated rings. The van der Waals surface area contributed by atoms with E-state index in [1.807, 2.05) is 24.3 Å². The van der Waals surface area contributed by atoms with Gasteiger partial charge in [0.25, 0.3) is 0 Å². The molecule has 2 rings (SSSR count). The zero-order chi connectivity index (χ0) is 13.0. The van der Waals surface area contributed by atoms with Crippen LogP contribution in [0.5, 0.6) is 0 Å². The Morgan fingerprint density at radius 1 is 1.11 bits per heavy atom. The van der Waals surface area contributed by atoms with Crippen molar-refractivity contribution in [2.45, 2.75) is 19.4 Å². The van der Waals surface area contributed by atoms with Crippen molar-refractivity contribution < 1.29 is 0 Å². The SMILES string of the molecule is CC(Cc1ccccc1)Nc1ccc(N)c(N)n1. The van der Waals surface area contributed by atoms with Gasteiger partial charge in [-0.25, -0.2) is 4.98 Å². The molecule has 1 heterocycles. The van der Waals surface area contributed by atoms with Crippen LogP contribution in [0.2, 0.25) is 0 Å². The summed E-state index contributed by atoms with van der Waals surface area (Å²) < 4.78 is 0. The second-order valence-electron chi connectivity index (χ2n) is 4.41. The Labute approximate surface area is 107 Å². The van der Waals surface area contributed by atoms with E-state index < -0.39 is 0 Å². The van der Waals surface area contributed by atoms with E-state index in [0.717, 1.165) is 12.2 Å². The smallest absolute Gasteiger partial charge is 0.149 e. The largest absolute Gasteiger partial charge is 0.396 e. The van der Waals surface area contributed by atoms with Gasteiger partial charge in [-0.05, 0) is 31.0 Å². The van der Waals surface area contributed by atoms with Gasteiger partial charge in [-0.2, -0.15) is 0 Å². The third-order valence-corrected chi connectivity index (χ3v) is 2.74. The predicted molar refractivity (Wildman–Crippen MR) is 76.3 cm³/mol. The summed E-state index contributed by atoms with van der Waals surface area (Å²) >= 11 is 0. The number of nitrogens with two attached hydrogens (primary N) is 2. The highest BCUT2D eigenvalue weighted by Crippen LogP contribution is 2.16. The van der Waals surface area contributed by atoms with Crippen molar-refractivity contribution in [2.75, 3.05) is 16.8 Å². The molecule has 1 aromatic heterocycles. The first kappa shape index (κ1) is 12.2. The fourth-order valence-electron chi connectivity index (χ4n) is 1.84. The van der Waals surface area contributed by atoms with Crippen molar-refractivity contribution in [1.82, 2.24) is 4.98 Å². The molecule has 0 amide bonds. The molecule has 0 saturated heterocycles. The molecule has 4 nitrogen and oxygen atoms in total. The number of aromatic nitrogens is 1. The van der Waals surface area contributed by atoms with Crippen molar-refractivity contribution in [3.05, 3.63) is 48.0 Å². The molecule has 18 heavy (non-hydrogen) atoms. The summed E-state index contributed by atoms with van der Waals surface area (Å²) in [5.41, 5.74) is 13.1. The quantitative estimate of drug-likeness (QED) is 0.768. The minimum atomic E-state index is 0.280. The van der Waals surface area contributed by atoms with Gasteiger partial charge in [-0.1, -0.05) is 30.3 Å². The van der Waals surface area contributed by atoms with E-state index in [-0.39, 0.29) is 6.04 Å². The summed E-state index contributed by atoms with van der Waals surface area (Å²) in [5.74, 6) is 1.12. The van der Waals surface area contributed by atoms with E-state index in [0.29, 0.717) is 11.5 Å². The summed E-state index contributed by atoms with van der Waals surface area (Å²) in [4.78, 5) is 4.20. The molecule has 0 bridgehead atoms. The van der Waals surface area contributed by atoms with Gasteiger partial charge in [-0.3, -0.25) is 0 Å². The topological polar surface area (TPSA) is 77.0 Å². The number of benzene rings is 1. The van der Waals surface area contributed by atoms with Crippen molar-refractivity contribution in [1.29, 1.82) is 0 Å². The lowest BCUT2D eigenvalue weighted by molar-refractivity contribution is 0.785. The standard InChI is InChI=1S/C14H18N4/c1-10(9-11-5-3-2-4-6-11)17-13-8-7-12(15)14(16)18-13/h2-8,10H,9,15H2,1H3,(H3,16,17,18). The van der Waals surface area contributed by atoms with Crippen LogP contribution in [-0.4, -0.2) is 11.0 Å². The highest BCUT2D eigenvalue weighted by molar-refractivity contribution is 5.61. The lowest BCUT2D eigenvalue weighted by Crippen LogP contribution is -2.19. The Kier molecular flexibility index (Phi) is 3.67. The number of rotatable bonds is 4. The number of hydrogen-bond donors (Lipinski definition) is 3. The Morgan fingerprint density at radius 2 is 1.83 bits per heavy atom. The number of nitrogen functional groups attached to an aromatic ring is 2. The highest BCUT2D eigenvalue weighted by Gasteiger charge is 2.05. The van der Waals surface area contributed by atoms with Crippen molar-refractivity contribution in [2.24, 2.45) is 0 Å². The lowest BCUT2D eigenvalue weighted by Gasteiger charge is -2.15. The van der Waals surface area contributed by atoms with Crippen LogP contribution < -0.4 is 16.8 Å². The first-order valence-corrected chi connectivity index (χ1v) is 5.97. The van der Waals surface area contributed by atoms with E-state index in [2.05, 4.69) is 29.4 Å². The predicted octanol–water partition coefficient (Wildman–Crippen LogP) is 2.29. The Hall–Kier alpha value is -2.23. The summed E-state index contributed by atoms with van der Waals surface area (Å²) in [7, 11) is 0. The zero-order valence-electron chi connectivity index (χ0n) is 10.4. The van der Waals surface area contributed by atoms with Gasteiger partial charge in [0.1, 0.15) is 11.6 Å². The van der Waals surface area contributed by atoms with Gasteiger partial charge in [0.15, 0.2) is 0 Å². The summed E-state index contributed by atoms with van der Waals surface area (Å²) in [6.45, 7) is 2.11. The molecule has 1 atom stereocenters. The molecule has 0 aliphatic rings. The Balaban J connectivity index is 1.99. The van der Waals surface area contributed by atoms with Crippen LogP contribution in [0.4, 0.5) is 17.3 Å². The van der Waals surface area contributed by atoms with E-state index in [9.17, 15) is 0 Å². The average Bonchev–Trinajstić information content (AvgIpc) is 2.35. The second-order valence-corrected chi connectivity index (χ2v) is 4.41. The van der Waals surface area contributed by atoms with Gasteiger partial charge in [0.05, 0.1) is 5.69 Å². The summed E-state index contributed by atoms with van der Waals surface area (Å²) in [6.07, 6.45) is 0.937. The molecule has 0 spiro atoms. The molecular weight excluding hydrogens is 224 g/mol. The maximum atomic E-state index is 5.67. The zero-order valence-corrected chi connectivity index (χ0v) is 10.4. The monoisotopic (exact) mass is 242 g/mol. The molecule has 94 valence electrons. The van der Waals surface area contributed by atoms with Crippen molar-refractivity contribution >= 4 is 17.3 Å². The van der Waals surface area contributed by atoms with Crippen molar-refractivity contribution in [3.63, 3.8) is 0 Å². The van der Waals surface area contributed by atoms with Crippen LogP contribution >= 0.6 is 0 Å². The van der Waals surface area contributed by atoms with E-state index in [1.54, 1.807) is 6.07 Å². The molecule has 1 unspecified atom stereocenters. The van der Waals surface area contributed by atoms with Crippen LogP contribution in [0.25, 0.3) is 0 Å². The number of pyridine rings is 1. The van der Waals surface area contributed by atoms with Crippen molar-refractivity contribution in [3.8, 4) is 0 Å². The molecule has 0 saturated carbocycles. The van der Waals surface area contributed by atoms with Gasteiger partial charge >= 0.3 is 0 Å². The Morgan fingerprint density at radius 3 is 2.50 bits per heavy atom. The molecule has 0 radical (unpaired) electrons. The third kappa shape index (κ3) is 3.13. The van der Waals surface area contributed by atoms with Crippen LogP contribution in [0, 0.1) is 0 Å². The number of nitrogens with one attached hydrogen (secondary N) is 1. The maximum Gasteiger partial charge on any atom is 0.149 e. The molecule has 0 aliphatic heterocycles. The second kappa shape index (κ2) is 5.40. The van der Waals surface area contributed by atoms with Gasteiger partial charge < -0.3 is 16.8 Å². The Bertz CT molecular complexity index is 510. The first-order chi connectivity index (χ1) is 8.65.